The Balaban J connectivity index is 1.16. The van der Waals surface area contributed by atoms with E-state index in [2.05, 4.69) is 18.2 Å². The summed E-state index contributed by atoms with van der Waals surface area (Å²) in [5.41, 5.74) is 0. The highest BCUT2D eigenvalue weighted by Crippen LogP contribution is 2.55. The first-order chi connectivity index (χ1) is 21.7. The van der Waals surface area contributed by atoms with E-state index < -0.39 is 7.14 Å². The van der Waals surface area contributed by atoms with Gasteiger partial charge >= 0.3 is 0 Å². The standard InChI is InChI=1S/C30H21O7PS6/c31-38(22-4-1-19(42-22)28-25-16(13-39-28)32-7-10-35-25,23-5-2-20(43-23)29-26-17(14-40-29)33-8-11-36-26)24-6-3-21(44-24)30-27-18(15-41-30)34-9-12-37-27/h1-6,13-15H,7-12H2. The Morgan fingerprint density at radius 3 is 1.11 bits per heavy atom. The molecule has 0 fully saturated rings. The van der Waals surface area contributed by atoms with Gasteiger partial charge in [0.15, 0.2) is 41.6 Å². The molecular formula is C30H21O7PS6. The van der Waals surface area contributed by atoms with Crippen LogP contribution < -0.4 is 42.3 Å². The van der Waals surface area contributed by atoms with Gasteiger partial charge in [-0.25, -0.2) is 0 Å². The van der Waals surface area contributed by atoms with Gasteiger partial charge in [-0.15, -0.1) is 68.0 Å². The van der Waals surface area contributed by atoms with E-state index in [0.29, 0.717) is 39.6 Å². The maximum Gasteiger partial charge on any atom is 0.199 e. The van der Waals surface area contributed by atoms with Gasteiger partial charge in [-0.1, -0.05) is 0 Å². The molecule has 3 aliphatic rings. The van der Waals surface area contributed by atoms with Crippen molar-refractivity contribution in [1.29, 1.82) is 0 Å². The molecule has 9 rings (SSSR count). The summed E-state index contributed by atoms with van der Waals surface area (Å²) in [6, 6.07) is 12.2. The minimum atomic E-state index is -3.25. The van der Waals surface area contributed by atoms with Crippen LogP contribution in [-0.4, -0.2) is 39.6 Å². The SMILES string of the molecule is O=P(c1ccc(-c2scc3c2OCCO3)s1)(c1ccc(-c2scc3c2OCCO3)s1)c1ccc(-c2scc3c2OCCO3)s1. The van der Waals surface area contributed by atoms with Gasteiger partial charge in [0.05, 0.1) is 28.5 Å². The van der Waals surface area contributed by atoms with E-state index >= 15 is 4.57 Å². The molecule has 0 spiro atoms. The highest BCUT2D eigenvalue weighted by Gasteiger charge is 2.37. The molecule has 0 aliphatic carbocycles. The molecule has 0 saturated heterocycles. The van der Waals surface area contributed by atoms with Crippen LogP contribution in [0.1, 0.15) is 0 Å². The first-order valence-corrected chi connectivity index (χ1v) is 20.5. The molecule has 9 heterocycles. The molecule has 6 aromatic heterocycles. The maximum absolute atomic E-state index is 15.7. The van der Waals surface area contributed by atoms with E-state index in [-0.39, 0.29) is 0 Å². The highest BCUT2D eigenvalue weighted by atomic mass is 32.1. The van der Waals surface area contributed by atoms with E-state index in [4.69, 9.17) is 28.4 Å². The second kappa shape index (κ2) is 10.9. The van der Waals surface area contributed by atoms with Gasteiger partial charge in [-0.05, 0) is 36.4 Å². The number of hydrogen-bond acceptors (Lipinski definition) is 13. The van der Waals surface area contributed by atoms with Gasteiger partial charge in [-0.2, -0.15) is 0 Å². The molecule has 0 N–H and O–H groups in total. The van der Waals surface area contributed by atoms with Gasteiger partial charge in [0.25, 0.3) is 0 Å². The molecule has 0 radical (unpaired) electrons. The molecule has 3 aliphatic heterocycles. The Hall–Kier alpha value is -2.77. The second-order valence-electron chi connectivity index (χ2n) is 9.89. The predicted octanol–water partition coefficient (Wildman–Crippen LogP) is 8.01. The van der Waals surface area contributed by atoms with Crippen molar-refractivity contribution in [2.24, 2.45) is 0 Å². The number of hydrogen-bond donors (Lipinski definition) is 0. The van der Waals surface area contributed by atoms with E-state index in [1.54, 1.807) is 68.0 Å². The zero-order valence-electron chi connectivity index (χ0n) is 22.7. The van der Waals surface area contributed by atoms with Crippen LogP contribution >= 0.6 is 75.2 Å². The zero-order valence-corrected chi connectivity index (χ0v) is 28.5. The summed E-state index contributed by atoms with van der Waals surface area (Å²) in [4.78, 5) is 6.06. The first kappa shape index (κ1) is 27.5. The summed E-state index contributed by atoms with van der Waals surface area (Å²) in [6.45, 7) is 3.20. The third kappa shape index (κ3) is 4.39. The molecule has 44 heavy (non-hydrogen) atoms. The van der Waals surface area contributed by atoms with Crippen LogP contribution in [0, 0.1) is 0 Å². The van der Waals surface area contributed by atoms with Crippen molar-refractivity contribution in [3.63, 3.8) is 0 Å². The van der Waals surface area contributed by atoms with Crippen molar-refractivity contribution in [3.05, 3.63) is 52.5 Å². The molecular weight excluding hydrogens is 696 g/mol. The third-order valence-electron chi connectivity index (χ3n) is 7.28. The molecule has 6 aromatic rings. The summed E-state index contributed by atoms with van der Waals surface area (Å²) in [7, 11) is -3.25. The average molecular weight is 717 g/mol. The molecule has 0 unspecified atom stereocenters. The number of thiophene rings is 6. The topological polar surface area (TPSA) is 72.5 Å². The van der Waals surface area contributed by atoms with Crippen LogP contribution in [0.5, 0.6) is 34.5 Å². The van der Waals surface area contributed by atoms with E-state index in [1.807, 2.05) is 34.3 Å². The zero-order chi connectivity index (χ0) is 29.3. The Kier molecular flexibility index (Phi) is 6.85. The molecule has 7 nitrogen and oxygen atoms in total. The van der Waals surface area contributed by atoms with Crippen LogP contribution in [0.25, 0.3) is 29.3 Å². The van der Waals surface area contributed by atoms with E-state index in [1.165, 1.54) is 0 Å². The maximum atomic E-state index is 15.7. The van der Waals surface area contributed by atoms with Gasteiger partial charge in [0.2, 0.25) is 0 Å². The highest BCUT2D eigenvalue weighted by molar-refractivity contribution is 7.95. The molecule has 0 atom stereocenters. The third-order valence-corrected chi connectivity index (χ3v) is 18.7. The quantitative estimate of drug-likeness (QED) is 0.162. The second-order valence-corrected chi connectivity index (χ2v) is 19.4. The number of rotatable bonds is 6. The van der Waals surface area contributed by atoms with Crippen LogP contribution in [0.15, 0.2) is 52.5 Å². The van der Waals surface area contributed by atoms with Crippen LogP contribution in [0.4, 0.5) is 0 Å². The van der Waals surface area contributed by atoms with Crippen molar-refractivity contribution in [2.45, 2.75) is 0 Å². The lowest BCUT2D eigenvalue weighted by Crippen LogP contribution is -2.19. The average Bonchev–Trinajstić information content (AvgIpc) is 3.91. The number of fused-ring (bicyclic) bond motifs is 3. The summed E-state index contributed by atoms with van der Waals surface area (Å²) < 4.78 is 53.5. The molecule has 0 aromatic carbocycles. The first-order valence-electron chi connectivity index (χ1n) is 13.7. The largest absolute Gasteiger partial charge is 0.485 e. The monoisotopic (exact) mass is 716 g/mol. The lowest BCUT2D eigenvalue weighted by Gasteiger charge is -2.16. The smallest absolute Gasteiger partial charge is 0.199 e. The molecule has 0 bridgehead atoms. The van der Waals surface area contributed by atoms with Gasteiger partial charge < -0.3 is 33.0 Å². The van der Waals surface area contributed by atoms with Crippen LogP contribution in [-0.2, 0) is 4.57 Å². The summed E-state index contributed by atoms with van der Waals surface area (Å²) in [5.74, 6) is 4.64. The van der Waals surface area contributed by atoms with E-state index in [9.17, 15) is 0 Å². The van der Waals surface area contributed by atoms with Gasteiger partial charge in [0, 0.05) is 30.8 Å². The Morgan fingerprint density at radius 1 is 0.455 bits per heavy atom. The van der Waals surface area contributed by atoms with Crippen LogP contribution in [0.2, 0.25) is 0 Å². The van der Waals surface area contributed by atoms with Crippen molar-refractivity contribution in [1.82, 2.24) is 0 Å². The van der Waals surface area contributed by atoms with Crippen molar-refractivity contribution >= 4 is 89.0 Å². The van der Waals surface area contributed by atoms with Crippen molar-refractivity contribution < 1.29 is 33.0 Å². The minimum absolute atomic E-state index is 0.520. The van der Waals surface area contributed by atoms with E-state index in [0.717, 1.165) is 77.6 Å². The Morgan fingerprint density at radius 2 is 0.773 bits per heavy atom. The number of ether oxygens (including phenoxy) is 6. The normalized spacial score (nSPS) is 15.5. The Labute approximate surface area is 276 Å². The van der Waals surface area contributed by atoms with Crippen molar-refractivity contribution in [3.8, 4) is 63.8 Å². The molecule has 224 valence electrons. The molecule has 0 saturated carbocycles. The Bertz CT molecular complexity index is 1830. The summed E-state index contributed by atoms with van der Waals surface area (Å²) >= 11 is 9.46. The predicted molar refractivity (Wildman–Crippen MR) is 182 cm³/mol. The minimum Gasteiger partial charge on any atom is -0.485 e. The fourth-order valence-electron chi connectivity index (χ4n) is 5.28. The van der Waals surface area contributed by atoms with Crippen molar-refractivity contribution in [2.75, 3.05) is 39.6 Å². The molecule has 0 amide bonds. The lowest BCUT2D eigenvalue weighted by atomic mass is 10.3. The summed E-state index contributed by atoms with van der Waals surface area (Å²) in [5, 5.41) is 5.96. The van der Waals surface area contributed by atoms with Crippen LogP contribution in [0.3, 0.4) is 0 Å². The summed E-state index contributed by atoms with van der Waals surface area (Å²) in [6.07, 6.45) is 0. The fraction of sp³-hybridized carbons (Fsp3) is 0.200. The van der Waals surface area contributed by atoms with Gasteiger partial charge in [-0.3, -0.25) is 0 Å². The fourth-order valence-corrected chi connectivity index (χ4v) is 16.9. The van der Waals surface area contributed by atoms with Gasteiger partial charge in [0.1, 0.15) is 39.6 Å². The molecule has 14 heteroatoms. The lowest BCUT2D eigenvalue weighted by molar-refractivity contribution is 0.174.